The molecule has 0 saturated carbocycles. The largest absolute Gasteiger partial charge is 0.506 e. The number of fused-ring (bicyclic) bond motifs is 1. The highest BCUT2D eigenvalue weighted by molar-refractivity contribution is 7.20. The van der Waals surface area contributed by atoms with Crippen LogP contribution in [0.1, 0.15) is 26.6 Å². The van der Waals surface area contributed by atoms with Gasteiger partial charge in [-0.25, -0.2) is 9.78 Å². The maximum Gasteiger partial charge on any atom is 0.348 e. The van der Waals surface area contributed by atoms with Crippen molar-refractivity contribution in [2.75, 3.05) is 7.11 Å². The third kappa shape index (κ3) is 3.33. The molecule has 1 aromatic carbocycles. The van der Waals surface area contributed by atoms with Gasteiger partial charge in [-0.1, -0.05) is 29.3 Å². The Bertz CT molecular complexity index is 1120. The van der Waals surface area contributed by atoms with E-state index in [1.165, 1.54) is 19.2 Å². The first-order valence-corrected chi connectivity index (χ1v) is 8.87. The number of aromatic nitrogens is 2. The summed E-state index contributed by atoms with van der Waals surface area (Å²) in [6, 6.07) is 4.58. The van der Waals surface area contributed by atoms with Gasteiger partial charge in [-0.3, -0.25) is 4.79 Å². The van der Waals surface area contributed by atoms with Crippen LogP contribution in [0.25, 0.3) is 21.3 Å². The van der Waals surface area contributed by atoms with Gasteiger partial charge in [0.05, 0.1) is 22.6 Å². The summed E-state index contributed by atoms with van der Waals surface area (Å²) in [5, 5.41) is 10.1. The molecule has 0 amide bonds. The molecule has 2 aromatic heterocycles. The monoisotopic (exact) mass is 410 g/mol. The number of rotatable bonds is 3. The van der Waals surface area contributed by atoms with Crippen LogP contribution in [0, 0.1) is 6.92 Å². The Balaban J connectivity index is 2.10. The molecule has 0 fully saturated rings. The summed E-state index contributed by atoms with van der Waals surface area (Å²) < 4.78 is 4.73. The van der Waals surface area contributed by atoms with Gasteiger partial charge in [-0.05, 0) is 36.3 Å². The molecule has 2 heterocycles. The summed E-state index contributed by atoms with van der Waals surface area (Å²) in [6.45, 7) is 1.66. The van der Waals surface area contributed by atoms with E-state index in [2.05, 4.69) is 9.97 Å². The summed E-state index contributed by atoms with van der Waals surface area (Å²) in [5.74, 6) is -0.407. The molecular weight excluding hydrogens is 399 g/mol. The van der Waals surface area contributed by atoms with Gasteiger partial charge in [-0.2, -0.15) is 0 Å². The Morgan fingerprint density at radius 2 is 2.15 bits per heavy atom. The first-order chi connectivity index (χ1) is 12.3. The van der Waals surface area contributed by atoms with Gasteiger partial charge in [0.25, 0.3) is 5.56 Å². The highest BCUT2D eigenvalue weighted by Gasteiger charge is 2.20. The number of esters is 1. The van der Waals surface area contributed by atoms with Crippen LogP contribution < -0.4 is 5.56 Å². The summed E-state index contributed by atoms with van der Waals surface area (Å²) >= 11 is 13.2. The van der Waals surface area contributed by atoms with Crippen molar-refractivity contribution in [1.82, 2.24) is 9.97 Å². The summed E-state index contributed by atoms with van der Waals surface area (Å²) in [5.41, 5.74) is 0.741. The summed E-state index contributed by atoms with van der Waals surface area (Å²) in [6.07, 6.45) is 1.55. The molecule has 0 radical (unpaired) electrons. The van der Waals surface area contributed by atoms with Crippen LogP contribution in [-0.2, 0) is 4.74 Å². The molecule has 3 aromatic rings. The second-order valence-electron chi connectivity index (χ2n) is 5.35. The number of phenols is 1. The van der Waals surface area contributed by atoms with E-state index in [4.69, 9.17) is 27.9 Å². The number of hydrogen-bond donors (Lipinski definition) is 2. The molecular formula is C17H12Cl2N2O4S. The highest BCUT2D eigenvalue weighted by atomic mass is 35.5. The number of carbonyl (C=O) groups is 1. The fourth-order valence-corrected chi connectivity index (χ4v) is 3.88. The Morgan fingerprint density at radius 1 is 1.42 bits per heavy atom. The lowest BCUT2D eigenvalue weighted by Gasteiger charge is -2.02. The molecule has 26 heavy (non-hydrogen) atoms. The zero-order valence-electron chi connectivity index (χ0n) is 13.6. The predicted octanol–water partition coefficient (Wildman–Crippen LogP) is 4.18. The Morgan fingerprint density at radius 3 is 2.81 bits per heavy atom. The van der Waals surface area contributed by atoms with E-state index in [0.29, 0.717) is 26.2 Å². The van der Waals surface area contributed by atoms with Crippen molar-refractivity contribution in [1.29, 1.82) is 0 Å². The maximum absolute atomic E-state index is 12.4. The average molecular weight is 411 g/mol. The van der Waals surface area contributed by atoms with E-state index in [9.17, 15) is 14.7 Å². The Kier molecular flexibility index (Phi) is 5.04. The van der Waals surface area contributed by atoms with Gasteiger partial charge in [0, 0.05) is 0 Å². The van der Waals surface area contributed by atoms with E-state index in [-0.39, 0.29) is 21.6 Å². The van der Waals surface area contributed by atoms with Crippen LogP contribution >= 0.6 is 34.5 Å². The number of thiophene rings is 1. The van der Waals surface area contributed by atoms with Crippen molar-refractivity contribution < 1.29 is 14.6 Å². The molecule has 0 bridgehead atoms. The minimum Gasteiger partial charge on any atom is -0.506 e. The molecule has 9 heteroatoms. The number of halogens is 2. The smallest absolute Gasteiger partial charge is 0.348 e. The number of nitrogens with one attached hydrogen (secondary N) is 1. The molecule has 0 spiro atoms. The number of H-pyrrole nitrogens is 1. The van der Waals surface area contributed by atoms with Crippen LogP contribution in [0.2, 0.25) is 5.02 Å². The van der Waals surface area contributed by atoms with Gasteiger partial charge in [0.2, 0.25) is 0 Å². The van der Waals surface area contributed by atoms with Gasteiger partial charge in [0.1, 0.15) is 15.5 Å². The van der Waals surface area contributed by atoms with Crippen LogP contribution in [0.3, 0.4) is 0 Å². The number of phenolic OH excluding ortho intramolecular Hbond substituents is 1. The van der Waals surface area contributed by atoms with E-state index in [1.807, 2.05) is 0 Å². The number of ether oxygens (including phenoxy) is 1. The minimum atomic E-state index is -0.521. The molecule has 0 aliphatic carbocycles. The van der Waals surface area contributed by atoms with Crippen molar-refractivity contribution in [3.05, 3.63) is 55.4 Å². The molecule has 6 nitrogen and oxygen atoms in total. The quantitative estimate of drug-likeness (QED) is 0.631. The van der Waals surface area contributed by atoms with E-state index < -0.39 is 11.5 Å². The highest BCUT2D eigenvalue weighted by Crippen LogP contribution is 2.30. The number of hydrogen-bond acceptors (Lipinski definition) is 6. The lowest BCUT2D eigenvalue weighted by molar-refractivity contribution is 0.0605. The van der Waals surface area contributed by atoms with Crippen LogP contribution in [-0.4, -0.2) is 28.2 Å². The summed E-state index contributed by atoms with van der Waals surface area (Å²) in [7, 11) is 1.28. The standard InChI is InChI=1S/C17H12Cl2N2O4S/c1-7-12-15(23)20-14(21-16(12)26-13(7)17(24)25-2)10(19)6-8-3-4-11(22)9(18)5-8/h3-6,22H,1-2H3,(H,20,21,23)/b10-6-. The Labute approximate surface area is 161 Å². The van der Waals surface area contributed by atoms with Crippen LogP contribution in [0.4, 0.5) is 0 Å². The third-order valence-corrected chi connectivity index (χ3v) is 5.42. The number of carbonyl (C=O) groups excluding carboxylic acids is 1. The van der Waals surface area contributed by atoms with Gasteiger partial charge >= 0.3 is 5.97 Å². The topological polar surface area (TPSA) is 92.3 Å². The van der Waals surface area contributed by atoms with Crippen molar-refractivity contribution in [2.45, 2.75) is 6.92 Å². The average Bonchev–Trinajstić information content (AvgIpc) is 2.94. The number of aromatic amines is 1. The predicted molar refractivity (Wildman–Crippen MR) is 103 cm³/mol. The third-order valence-electron chi connectivity index (χ3n) is 3.66. The number of nitrogens with zero attached hydrogens (tertiary/aromatic N) is 1. The molecule has 2 N–H and O–H groups in total. The lowest BCUT2D eigenvalue weighted by Crippen LogP contribution is -2.10. The first kappa shape index (κ1) is 18.4. The zero-order chi connectivity index (χ0) is 19.0. The number of methoxy groups -OCH3 is 1. The fraction of sp³-hybridized carbons (Fsp3) is 0.118. The molecule has 0 aliphatic heterocycles. The second kappa shape index (κ2) is 7.11. The zero-order valence-corrected chi connectivity index (χ0v) is 15.9. The molecule has 0 saturated heterocycles. The van der Waals surface area contributed by atoms with Crippen LogP contribution in [0.15, 0.2) is 23.0 Å². The Hall–Kier alpha value is -2.35. The van der Waals surface area contributed by atoms with Gasteiger partial charge < -0.3 is 14.8 Å². The number of aryl methyl sites for hydroxylation is 1. The normalized spacial score (nSPS) is 11.8. The van der Waals surface area contributed by atoms with Gasteiger partial charge in [0.15, 0.2) is 5.82 Å². The lowest BCUT2D eigenvalue weighted by atomic mass is 10.2. The number of benzene rings is 1. The molecule has 3 rings (SSSR count). The van der Waals surface area contributed by atoms with Crippen molar-refractivity contribution in [3.63, 3.8) is 0 Å². The molecule has 0 aliphatic rings. The molecule has 0 atom stereocenters. The minimum absolute atomic E-state index is 0.0442. The van der Waals surface area contributed by atoms with Crippen molar-refractivity contribution >= 4 is 61.8 Å². The van der Waals surface area contributed by atoms with Crippen molar-refractivity contribution in [2.24, 2.45) is 0 Å². The van der Waals surface area contributed by atoms with Crippen LogP contribution in [0.5, 0.6) is 5.75 Å². The van der Waals surface area contributed by atoms with Crippen molar-refractivity contribution in [3.8, 4) is 5.75 Å². The van der Waals surface area contributed by atoms with E-state index >= 15 is 0 Å². The number of aromatic hydroxyl groups is 1. The van der Waals surface area contributed by atoms with Gasteiger partial charge in [-0.15, -0.1) is 11.3 Å². The first-order valence-electron chi connectivity index (χ1n) is 7.29. The second-order valence-corrected chi connectivity index (χ2v) is 7.16. The van der Waals surface area contributed by atoms with E-state index in [0.717, 1.165) is 11.3 Å². The molecule has 134 valence electrons. The maximum atomic E-state index is 12.4. The SMILES string of the molecule is COC(=O)c1sc2nc(/C(Cl)=C/c3ccc(O)c(Cl)c3)[nH]c(=O)c2c1C. The van der Waals surface area contributed by atoms with E-state index in [1.54, 1.807) is 19.1 Å². The fourth-order valence-electron chi connectivity index (χ4n) is 2.37. The summed E-state index contributed by atoms with van der Waals surface area (Å²) in [4.78, 5) is 31.9. The molecule has 0 unspecified atom stereocenters.